The summed E-state index contributed by atoms with van der Waals surface area (Å²) < 4.78 is 48.3. The molecule has 0 radical (unpaired) electrons. The van der Waals surface area contributed by atoms with Crippen molar-refractivity contribution in [2.24, 2.45) is 7.05 Å². The number of nitrogens with zero attached hydrogens (tertiary/aromatic N) is 3. The first-order valence-corrected chi connectivity index (χ1v) is 11.0. The first-order valence-electron chi connectivity index (χ1n) is 10.0. The second-order valence-corrected chi connectivity index (χ2v) is 8.29. The second-order valence-electron chi connectivity index (χ2n) is 7.20. The van der Waals surface area contributed by atoms with Crippen LogP contribution in [-0.4, -0.2) is 44.0 Å². The Morgan fingerprint density at radius 3 is 2.17 bits per heavy atom. The molecule has 1 aromatic heterocycles. The molecule has 0 aliphatic rings. The van der Waals surface area contributed by atoms with Gasteiger partial charge in [-0.15, -0.1) is 24.9 Å². The molecule has 9 nitrogen and oxygen atoms in total. The lowest BCUT2D eigenvalue weighted by atomic mass is 10.3. The van der Waals surface area contributed by atoms with Crippen LogP contribution in [0.5, 0.6) is 17.2 Å². The van der Waals surface area contributed by atoms with Crippen molar-refractivity contribution in [1.82, 2.24) is 14.2 Å². The summed E-state index contributed by atoms with van der Waals surface area (Å²) in [6, 6.07) is 11.9. The molecule has 3 rings (SSSR count). The number of thioether (sulfide) groups is 1. The van der Waals surface area contributed by atoms with E-state index in [4.69, 9.17) is 4.74 Å². The molecule has 1 N–H and O–H groups in total. The molecule has 3 aromatic rings. The summed E-state index contributed by atoms with van der Waals surface area (Å²) in [6.45, 7) is -0.205. The predicted molar refractivity (Wildman–Crippen MR) is 120 cm³/mol. The third kappa shape index (κ3) is 7.39. The van der Waals surface area contributed by atoms with E-state index in [1.54, 1.807) is 24.3 Å². The maximum absolute atomic E-state index is 12.2. The van der Waals surface area contributed by atoms with Crippen LogP contribution in [-0.2, 0) is 18.4 Å². The Morgan fingerprint density at radius 1 is 1.03 bits per heavy atom. The number of ether oxygens (including phenoxy) is 2. The number of carbonyl (C=O) groups is 1. The Morgan fingerprint density at radius 2 is 1.60 bits per heavy atom. The largest absolute Gasteiger partial charge is 0.573 e. The number of hydroxylamine groups is 2. The van der Waals surface area contributed by atoms with E-state index in [0.717, 1.165) is 21.6 Å². The van der Waals surface area contributed by atoms with Crippen LogP contribution in [0.2, 0.25) is 0 Å². The van der Waals surface area contributed by atoms with Gasteiger partial charge in [0, 0.05) is 30.0 Å². The zero-order valence-electron chi connectivity index (χ0n) is 18.2. The summed E-state index contributed by atoms with van der Waals surface area (Å²) in [5, 5.41) is 10.3. The lowest BCUT2D eigenvalue weighted by molar-refractivity contribution is -0.274. The third-order valence-electron chi connectivity index (χ3n) is 4.67. The standard InChI is InChI=1S/C22H20F3N3O6S/c1-26-11-10-20(30)27(21(26)31)12-15(28(32)14-29)13-35-19-8-6-17(7-9-19)33-16-2-4-18(5-3-16)34-22(23,24)25/h2-11,14-15,32H,12-13H2,1H3. The molecule has 0 bridgehead atoms. The van der Waals surface area contributed by atoms with E-state index in [0.29, 0.717) is 16.6 Å². The topological polar surface area (TPSA) is 103 Å². The Labute approximate surface area is 200 Å². The number of aryl methyl sites for hydroxylation is 1. The third-order valence-corrected chi connectivity index (χ3v) is 5.83. The van der Waals surface area contributed by atoms with Gasteiger partial charge in [-0.3, -0.25) is 19.4 Å². The van der Waals surface area contributed by atoms with Crippen molar-refractivity contribution in [1.29, 1.82) is 0 Å². The maximum Gasteiger partial charge on any atom is 0.573 e. The number of carbonyl (C=O) groups excluding carboxylic acids is 1. The second kappa shape index (κ2) is 11.1. The number of benzene rings is 2. The van der Waals surface area contributed by atoms with Gasteiger partial charge in [0.25, 0.3) is 5.56 Å². The van der Waals surface area contributed by atoms with E-state index < -0.39 is 23.7 Å². The molecular formula is C22H20F3N3O6S. The summed E-state index contributed by atoms with van der Waals surface area (Å²) in [7, 11) is 1.48. The fraction of sp³-hybridized carbons (Fsp3) is 0.227. The van der Waals surface area contributed by atoms with E-state index in [1.807, 2.05) is 0 Å². The van der Waals surface area contributed by atoms with Gasteiger partial charge in [0.05, 0.1) is 12.6 Å². The van der Waals surface area contributed by atoms with E-state index in [1.165, 1.54) is 47.8 Å². The van der Waals surface area contributed by atoms with Crippen LogP contribution in [0.1, 0.15) is 0 Å². The number of aromatic nitrogens is 2. The van der Waals surface area contributed by atoms with E-state index in [9.17, 15) is 32.8 Å². The molecule has 13 heteroatoms. The minimum atomic E-state index is -4.78. The van der Waals surface area contributed by atoms with Crippen molar-refractivity contribution in [3.63, 3.8) is 0 Å². The molecule has 35 heavy (non-hydrogen) atoms. The molecular weight excluding hydrogens is 491 g/mol. The van der Waals surface area contributed by atoms with Crippen LogP contribution >= 0.6 is 11.8 Å². The van der Waals surface area contributed by atoms with Gasteiger partial charge in [-0.1, -0.05) is 0 Å². The quantitative estimate of drug-likeness (QED) is 0.193. The summed E-state index contributed by atoms with van der Waals surface area (Å²) in [5.74, 6) is 0.527. The highest BCUT2D eigenvalue weighted by Gasteiger charge is 2.31. The summed E-state index contributed by atoms with van der Waals surface area (Å²) >= 11 is 1.27. The van der Waals surface area contributed by atoms with Gasteiger partial charge in [0.15, 0.2) is 0 Å². The molecule has 186 valence electrons. The molecule has 0 aliphatic carbocycles. The monoisotopic (exact) mass is 511 g/mol. The molecule has 1 heterocycles. The van der Waals surface area contributed by atoms with Gasteiger partial charge >= 0.3 is 12.1 Å². The first kappa shape index (κ1) is 25.9. The zero-order chi connectivity index (χ0) is 25.6. The van der Waals surface area contributed by atoms with Crippen LogP contribution < -0.4 is 20.7 Å². The SMILES string of the molecule is Cn1ccc(=O)n(CC(CSc2ccc(Oc3ccc(OC(F)(F)F)cc3)cc2)N(O)C=O)c1=O. The predicted octanol–water partition coefficient (Wildman–Crippen LogP) is 3.25. The van der Waals surface area contributed by atoms with Crippen LogP contribution in [0.15, 0.2) is 75.3 Å². The number of hydrogen-bond donors (Lipinski definition) is 1. The molecule has 0 aliphatic heterocycles. The molecule has 0 fully saturated rings. The smallest absolute Gasteiger partial charge is 0.457 e. The van der Waals surface area contributed by atoms with Crippen molar-refractivity contribution in [3.05, 3.63) is 81.6 Å². The molecule has 2 aromatic carbocycles. The number of alkyl halides is 3. The normalized spacial score (nSPS) is 12.1. The lowest BCUT2D eigenvalue weighted by Crippen LogP contribution is -2.45. The van der Waals surface area contributed by atoms with Crippen molar-refractivity contribution in [2.75, 3.05) is 5.75 Å². The summed E-state index contributed by atoms with van der Waals surface area (Å²) in [4.78, 5) is 36.1. The fourth-order valence-electron chi connectivity index (χ4n) is 2.93. The Hall–Kier alpha value is -3.71. The molecule has 0 saturated carbocycles. The average Bonchev–Trinajstić information content (AvgIpc) is 2.82. The minimum Gasteiger partial charge on any atom is -0.457 e. The fourth-order valence-corrected chi connectivity index (χ4v) is 3.90. The van der Waals surface area contributed by atoms with Crippen LogP contribution in [0.4, 0.5) is 13.2 Å². The highest BCUT2D eigenvalue weighted by molar-refractivity contribution is 7.99. The Bertz CT molecular complexity index is 1260. The number of halogens is 3. The molecule has 1 unspecified atom stereocenters. The lowest BCUT2D eigenvalue weighted by Gasteiger charge is -2.22. The highest BCUT2D eigenvalue weighted by Crippen LogP contribution is 2.29. The van der Waals surface area contributed by atoms with Gasteiger partial charge in [-0.05, 0) is 48.5 Å². The number of hydrogen-bond acceptors (Lipinski definition) is 7. The molecule has 0 saturated heterocycles. The van der Waals surface area contributed by atoms with Gasteiger partial charge in [0.1, 0.15) is 17.2 Å². The summed E-state index contributed by atoms with van der Waals surface area (Å²) in [6.07, 6.45) is -3.25. The number of rotatable bonds is 10. The molecule has 1 amide bonds. The van der Waals surface area contributed by atoms with Crippen molar-refractivity contribution in [3.8, 4) is 17.2 Å². The summed E-state index contributed by atoms with van der Waals surface area (Å²) in [5.41, 5.74) is -1.13. The Balaban J connectivity index is 1.63. The van der Waals surface area contributed by atoms with Gasteiger partial charge < -0.3 is 14.0 Å². The maximum atomic E-state index is 12.2. The van der Waals surface area contributed by atoms with Crippen molar-refractivity contribution < 1.29 is 32.6 Å². The van der Waals surface area contributed by atoms with E-state index in [2.05, 4.69) is 4.74 Å². The van der Waals surface area contributed by atoms with Crippen LogP contribution in [0, 0.1) is 0 Å². The van der Waals surface area contributed by atoms with Crippen molar-refractivity contribution >= 4 is 18.2 Å². The molecule has 1 atom stereocenters. The van der Waals surface area contributed by atoms with Gasteiger partial charge in [-0.25, -0.2) is 9.86 Å². The molecule has 0 spiro atoms. The van der Waals surface area contributed by atoms with Crippen LogP contribution in [0.3, 0.4) is 0 Å². The van der Waals surface area contributed by atoms with Crippen molar-refractivity contribution in [2.45, 2.75) is 23.8 Å². The highest BCUT2D eigenvalue weighted by atomic mass is 32.2. The number of amides is 1. The van der Waals surface area contributed by atoms with Gasteiger partial charge in [-0.2, -0.15) is 0 Å². The Kier molecular flexibility index (Phi) is 8.25. The van der Waals surface area contributed by atoms with E-state index in [-0.39, 0.29) is 24.5 Å². The minimum absolute atomic E-state index is 0.167. The van der Waals surface area contributed by atoms with Crippen LogP contribution in [0.25, 0.3) is 0 Å². The van der Waals surface area contributed by atoms with E-state index >= 15 is 0 Å². The average molecular weight is 511 g/mol. The van der Waals surface area contributed by atoms with Gasteiger partial charge in [0.2, 0.25) is 6.41 Å². The first-order chi connectivity index (χ1) is 16.6. The zero-order valence-corrected chi connectivity index (χ0v) is 19.0.